The summed E-state index contributed by atoms with van der Waals surface area (Å²) in [6.45, 7) is 0.720. The highest BCUT2D eigenvalue weighted by atomic mass is 16.5. The van der Waals surface area contributed by atoms with Crippen LogP contribution in [0.25, 0.3) is 0 Å². The minimum absolute atomic E-state index is 0.00390. The highest BCUT2D eigenvalue weighted by molar-refractivity contribution is 5.93. The Labute approximate surface area is 145 Å². The molecule has 3 aliphatic rings. The lowest BCUT2D eigenvalue weighted by molar-refractivity contribution is -0.116. The number of carbonyl (C=O) groups is 1. The molecule has 1 aliphatic carbocycles. The second kappa shape index (κ2) is 5.46. The Hall–Kier alpha value is -2.60. The van der Waals surface area contributed by atoms with Crippen LogP contribution < -0.4 is 14.8 Å². The van der Waals surface area contributed by atoms with Crippen molar-refractivity contribution in [3.63, 3.8) is 0 Å². The van der Waals surface area contributed by atoms with Crippen LogP contribution >= 0.6 is 0 Å². The molecular formula is C19H18N2O4. The summed E-state index contributed by atoms with van der Waals surface area (Å²) >= 11 is 0. The van der Waals surface area contributed by atoms with Crippen molar-refractivity contribution < 1.29 is 19.0 Å². The average Bonchev–Trinajstić information content (AvgIpc) is 3.13. The van der Waals surface area contributed by atoms with Crippen molar-refractivity contribution in [1.82, 2.24) is 4.98 Å². The van der Waals surface area contributed by atoms with Gasteiger partial charge in [0, 0.05) is 42.7 Å². The first-order valence-corrected chi connectivity index (χ1v) is 8.50. The lowest BCUT2D eigenvalue weighted by Crippen LogP contribution is -2.20. The smallest absolute Gasteiger partial charge is 0.225 e. The molecule has 0 saturated heterocycles. The normalized spacial score (nSPS) is 25.3. The third-order valence-corrected chi connectivity index (χ3v) is 5.16. The molecule has 1 fully saturated rings. The van der Waals surface area contributed by atoms with E-state index in [9.17, 15) is 4.79 Å². The Balaban J connectivity index is 1.42. The van der Waals surface area contributed by atoms with E-state index in [2.05, 4.69) is 16.4 Å². The molecule has 0 bridgehead atoms. The number of carbonyl (C=O) groups excluding carboxylic acids is 1. The van der Waals surface area contributed by atoms with Gasteiger partial charge >= 0.3 is 0 Å². The topological polar surface area (TPSA) is 69.7 Å². The fourth-order valence-electron chi connectivity index (χ4n) is 3.89. The predicted octanol–water partition coefficient (Wildman–Crippen LogP) is 2.88. The molecule has 2 aliphatic heterocycles. The second-order valence-electron chi connectivity index (χ2n) is 6.71. The highest BCUT2D eigenvalue weighted by Gasteiger charge is 2.58. The monoisotopic (exact) mass is 338 g/mol. The van der Waals surface area contributed by atoms with E-state index in [0.717, 1.165) is 29.4 Å². The van der Waals surface area contributed by atoms with Gasteiger partial charge in [-0.15, -0.1) is 0 Å². The van der Waals surface area contributed by atoms with Crippen molar-refractivity contribution in [3.05, 3.63) is 41.6 Å². The summed E-state index contributed by atoms with van der Waals surface area (Å²) < 4.78 is 17.3. The Kier molecular flexibility index (Phi) is 3.21. The van der Waals surface area contributed by atoms with E-state index in [1.54, 1.807) is 13.3 Å². The third-order valence-electron chi connectivity index (χ3n) is 5.16. The van der Waals surface area contributed by atoms with Crippen molar-refractivity contribution in [3.8, 4) is 17.2 Å². The van der Waals surface area contributed by atoms with Crippen molar-refractivity contribution >= 4 is 11.7 Å². The standard InChI is InChI=1S/C19H18N2O4/c1-23-9-13-17-12-8-10(2-4-14(12)25-18(13)17)24-15-6-7-20-19-11(15)3-5-16(22)21-19/h2,4,6-8,13,17-18H,3,5,9H2,1H3,(H,20,21,22). The molecular weight excluding hydrogens is 320 g/mol. The van der Waals surface area contributed by atoms with Crippen LogP contribution in [0.15, 0.2) is 30.5 Å². The zero-order chi connectivity index (χ0) is 17.0. The van der Waals surface area contributed by atoms with Crippen LogP contribution in [0.4, 0.5) is 5.82 Å². The first kappa shape index (κ1) is 14.7. The minimum Gasteiger partial charge on any atom is -0.489 e. The van der Waals surface area contributed by atoms with Crippen molar-refractivity contribution in [2.45, 2.75) is 24.9 Å². The number of nitrogens with one attached hydrogen (secondary N) is 1. The molecule has 1 N–H and O–H groups in total. The quantitative estimate of drug-likeness (QED) is 0.928. The maximum absolute atomic E-state index is 11.5. The van der Waals surface area contributed by atoms with Crippen LogP contribution in [-0.4, -0.2) is 30.7 Å². The molecule has 3 atom stereocenters. The van der Waals surface area contributed by atoms with Gasteiger partial charge < -0.3 is 19.5 Å². The molecule has 5 rings (SSSR count). The zero-order valence-corrected chi connectivity index (χ0v) is 13.8. The predicted molar refractivity (Wildman–Crippen MR) is 90.2 cm³/mol. The number of nitrogens with zero attached hydrogens (tertiary/aromatic N) is 1. The van der Waals surface area contributed by atoms with Crippen molar-refractivity contribution in [1.29, 1.82) is 0 Å². The first-order chi connectivity index (χ1) is 12.2. The van der Waals surface area contributed by atoms with E-state index in [4.69, 9.17) is 14.2 Å². The number of rotatable bonds is 4. The number of methoxy groups -OCH3 is 1. The number of hydrogen-bond acceptors (Lipinski definition) is 5. The number of pyridine rings is 1. The number of fused-ring (bicyclic) bond motifs is 4. The fraction of sp³-hybridized carbons (Fsp3) is 0.368. The summed E-state index contributed by atoms with van der Waals surface area (Å²) in [4.78, 5) is 15.8. The molecule has 0 spiro atoms. The van der Waals surface area contributed by atoms with E-state index >= 15 is 0 Å². The summed E-state index contributed by atoms with van der Waals surface area (Å²) in [6.07, 6.45) is 2.99. The van der Waals surface area contributed by atoms with Crippen molar-refractivity contribution in [2.24, 2.45) is 5.92 Å². The van der Waals surface area contributed by atoms with Gasteiger partial charge in [-0.25, -0.2) is 4.98 Å². The van der Waals surface area contributed by atoms with E-state index in [-0.39, 0.29) is 12.0 Å². The molecule has 2 aromatic rings. The summed E-state index contributed by atoms with van der Waals surface area (Å²) in [5.41, 5.74) is 2.14. The number of anilines is 1. The van der Waals surface area contributed by atoms with Crippen LogP contribution in [0.2, 0.25) is 0 Å². The molecule has 25 heavy (non-hydrogen) atoms. The average molecular weight is 338 g/mol. The highest BCUT2D eigenvalue weighted by Crippen LogP contribution is 2.59. The Morgan fingerprint density at radius 2 is 2.24 bits per heavy atom. The molecule has 0 radical (unpaired) electrons. The van der Waals surface area contributed by atoms with Gasteiger partial charge in [0.2, 0.25) is 5.91 Å². The van der Waals surface area contributed by atoms with E-state index < -0.39 is 0 Å². The second-order valence-corrected chi connectivity index (χ2v) is 6.71. The SMILES string of the molecule is COCC1C2Oc3ccc(Oc4ccnc5c4CCC(=O)N5)cc3C12. The van der Waals surface area contributed by atoms with Gasteiger partial charge in [-0.2, -0.15) is 0 Å². The van der Waals surface area contributed by atoms with Crippen LogP contribution in [0.1, 0.15) is 23.5 Å². The largest absolute Gasteiger partial charge is 0.489 e. The molecule has 1 aromatic heterocycles. The molecule has 3 heterocycles. The maximum Gasteiger partial charge on any atom is 0.225 e. The zero-order valence-electron chi connectivity index (χ0n) is 13.8. The first-order valence-electron chi connectivity index (χ1n) is 8.50. The fourth-order valence-corrected chi connectivity index (χ4v) is 3.89. The van der Waals surface area contributed by atoms with Crippen molar-refractivity contribution in [2.75, 3.05) is 19.0 Å². The molecule has 3 unspecified atom stereocenters. The Morgan fingerprint density at radius 1 is 1.32 bits per heavy atom. The van der Waals surface area contributed by atoms with Gasteiger partial charge in [0.05, 0.1) is 6.61 Å². The van der Waals surface area contributed by atoms with E-state index in [0.29, 0.717) is 30.5 Å². The third kappa shape index (κ3) is 2.36. The number of aromatic nitrogens is 1. The molecule has 1 saturated carbocycles. The molecule has 6 heteroatoms. The van der Waals surface area contributed by atoms with Gasteiger partial charge in [-0.1, -0.05) is 0 Å². The van der Waals surface area contributed by atoms with Crippen LogP contribution in [0.5, 0.6) is 17.2 Å². The number of amides is 1. The van der Waals surface area contributed by atoms with E-state index in [1.807, 2.05) is 18.2 Å². The van der Waals surface area contributed by atoms with Gasteiger partial charge in [0.1, 0.15) is 29.2 Å². The van der Waals surface area contributed by atoms with E-state index in [1.165, 1.54) is 5.56 Å². The molecule has 1 aromatic carbocycles. The van der Waals surface area contributed by atoms with Crippen LogP contribution in [0.3, 0.4) is 0 Å². The molecule has 6 nitrogen and oxygen atoms in total. The van der Waals surface area contributed by atoms with Gasteiger partial charge in [0.15, 0.2) is 0 Å². The summed E-state index contributed by atoms with van der Waals surface area (Å²) in [6, 6.07) is 7.79. The number of benzene rings is 1. The molecule has 128 valence electrons. The Morgan fingerprint density at radius 3 is 3.12 bits per heavy atom. The lowest BCUT2D eigenvalue weighted by Gasteiger charge is -2.19. The lowest BCUT2D eigenvalue weighted by atomic mass is 10.1. The Bertz CT molecular complexity index is 862. The minimum atomic E-state index is -0.00390. The van der Waals surface area contributed by atoms with Crippen LogP contribution in [-0.2, 0) is 16.0 Å². The van der Waals surface area contributed by atoms with Crippen LogP contribution in [0, 0.1) is 5.92 Å². The summed E-state index contributed by atoms with van der Waals surface area (Å²) in [7, 11) is 1.72. The summed E-state index contributed by atoms with van der Waals surface area (Å²) in [5.74, 6) is 3.90. The van der Waals surface area contributed by atoms with Gasteiger partial charge in [0.25, 0.3) is 0 Å². The number of ether oxygens (including phenoxy) is 3. The van der Waals surface area contributed by atoms with Gasteiger partial charge in [-0.05, 0) is 30.7 Å². The maximum atomic E-state index is 11.5. The summed E-state index contributed by atoms with van der Waals surface area (Å²) in [5, 5.41) is 2.80. The molecule has 1 amide bonds. The van der Waals surface area contributed by atoms with Gasteiger partial charge in [-0.3, -0.25) is 4.79 Å². The number of hydrogen-bond donors (Lipinski definition) is 1.